The Kier molecular flexibility index (Phi) is 3.65. The number of hydrogen-bond acceptors (Lipinski definition) is 5. The summed E-state index contributed by atoms with van der Waals surface area (Å²) in [6, 6.07) is 6.72. The van der Waals surface area contributed by atoms with Gasteiger partial charge in [-0.05, 0) is 12.1 Å². The molecule has 1 heterocycles. The van der Waals surface area contributed by atoms with E-state index in [1.54, 1.807) is 17.9 Å². The van der Waals surface area contributed by atoms with E-state index in [4.69, 9.17) is 0 Å². The largest absolute Gasteiger partial charge is 0.388 e. The van der Waals surface area contributed by atoms with Gasteiger partial charge in [-0.15, -0.1) is 0 Å². The van der Waals surface area contributed by atoms with Gasteiger partial charge in [0, 0.05) is 43.8 Å². The fourth-order valence-electron chi connectivity index (χ4n) is 1.73. The molecule has 19 heavy (non-hydrogen) atoms. The molecule has 0 bridgehead atoms. The Balaban J connectivity index is 2.17. The summed E-state index contributed by atoms with van der Waals surface area (Å²) >= 11 is 0. The summed E-state index contributed by atoms with van der Waals surface area (Å²) in [6.07, 6.45) is 1.71. The Morgan fingerprint density at radius 1 is 1.37 bits per heavy atom. The van der Waals surface area contributed by atoms with Crippen molar-refractivity contribution in [1.29, 1.82) is 0 Å². The third-order valence-electron chi connectivity index (χ3n) is 2.81. The van der Waals surface area contributed by atoms with Crippen LogP contribution in [-0.4, -0.2) is 21.8 Å². The van der Waals surface area contributed by atoms with Gasteiger partial charge in [0.15, 0.2) is 0 Å². The summed E-state index contributed by atoms with van der Waals surface area (Å²) in [7, 11) is 3.58. The molecule has 0 radical (unpaired) electrons. The van der Waals surface area contributed by atoms with E-state index in [2.05, 4.69) is 15.7 Å². The molecule has 0 unspecified atom stereocenters. The van der Waals surface area contributed by atoms with Crippen LogP contribution < -0.4 is 10.6 Å². The van der Waals surface area contributed by atoms with Crippen molar-refractivity contribution < 1.29 is 4.92 Å². The van der Waals surface area contributed by atoms with Crippen molar-refractivity contribution >= 4 is 17.1 Å². The van der Waals surface area contributed by atoms with Crippen LogP contribution in [0.4, 0.5) is 17.1 Å². The van der Waals surface area contributed by atoms with Gasteiger partial charge >= 0.3 is 0 Å². The first-order valence-corrected chi connectivity index (χ1v) is 5.78. The number of hydrogen-bond donors (Lipinski definition) is 2. The molecule has 0 saturated heterocycles. The zero-order valence-electron chi connectivity index (χ0n) is 10.8. The highest BCUT2D eigenvalue weighted by atomic mass is 16.6. The molecule has 0 aliphatic rings. The van der Waals surface area contributed by atoms with Gasteiger partial charge in [0.2, 0.25) is 0 Å². The highest BCUT2D eigenvalue weighted by Gasteiger charge is 2.09. The maximum absolute atomic E-state index is 10.8. The minimum Gasteiger partial charge on any atom is -0.388 e. The molecule has 0 atom stereocenters. The van der Waals surface area contributed by atoms with E-state index in [0.717, 1.165) is 5.69 Å². The van der Waals surface area contributed by atoms with Crippen molar-refractivity contribution in [3.63, 3.8) is 0 Å². The van der Waals surface area contributed by atoms with Crippen LogP contribution in [0.15, 0.2) is 30.5 Å². The van der Waals surface area contributed by atoms with Gasteiger partial charge in [0.05, 0.1) is 17.2 Å². The number of aryl methyl sites for hydroxylation is 1. The maximum atomic E-state index is 10.8. The van der Waals surface area contributed by atoms with Gasteiger partial charge in [-0.2, -0.15) is 5.10 Å². The zero-order valence-corrected chi connectivity index (χ0v) is 10.8. The molecule has 0 saturated carbocycles. The van der Waals surface area contributed by atoms with E-state index in [0.29, 0.717) is 17.9 Å². The van der Waals surface area contributed by atoms with Crippen LogP contribution in [0.5, 0.6) is 0 Å². The van der Waals surface area contributed by atoms with Crippen LogP contribution in [0.1, 0.15) is 5.69 Å². The minimum absolute atomic E-state index is 0.0550. The molecule has 2 N–H and O–H groups in total. The summed E-state index contributed by atoms with van der Waals surface area (Å²) in [4.78, 5) is 10.4. The Morgan fingerprint density at radius 2 is 2.11 bits per heavy atom. The average molecular weight is 261 g/mol. The van der Waals surface area contributed by atoms with Crippen molar-refractivity contribution in [2.45, 2.75) is 6.54 Å². The SMILES string of the molecule is CNc1cc(NCc2ccnn2C)cc([N+](=O)[O-])c1. The third kappa shape index (κ3) is 3.01. The summed E-state index contributed by atoms with van der Waals surface area (Å²) in [5.41, 5.74) is 2.44. The molecule has 1 aromatic carbocycles. The fraction of sp³-hybridized carbons (Fsp3) is 0.250. The Labute approximate surface area is 110 Å². The molecule has 7 nitrogen and oxygen atoms in total. The number of non-ortho nitro benzene ring substituents is 1. The fourth-order valence-corrected chi connectivity index (χ4v) is 1.73. The van der Waals surface area contributed by atoms with Gasteiger partial charge in [-0.3, -0.25) is 14.8 Å². The molecular formula is C12H15N5O2. The van der Waals surface area contributed by atoms with Crippen LogP contribution in [0.2, 0.25) is 0 Å². The van der Waals surface area contributed by atoms with Crippen LogP contribution in [-0.2, 0) is 13.6 Å². The summed E-state index contributed by atoms with van der Waals surface area (Å²) in [5.74, 6) is 0. The number of nitro groups is 1. The number of anilines is 2. The summed E-state index contributed by atoms with van der Waals surface area (Å²) in [6.45, 7) is 0.556. The van der Waals surface area contributed by atoms with E-state index in [-0.39, 0.29) is 5.69 Å². The van der Waals surface area contributed by atoms with Gasteiger partial charge in [0.1, 0.15) is 0 Å². The number of benzene rings is 1. The number of nitrogens with zero attached hydrogens (tertiary/aromatic N) is 3. The van der Waals surface area contributed by atoms with Crippen molar-refractivity contribution in [2.24, 2.45) is 7.05 Å². The minimum atomic E-state index is -0.407. The molecule has 1 aromatic heterocycles. The van der Waals surface area contributed by atoms with E-state index >= 15 is 0 Å². The molecule has 0 spiro atoms. The normalized spacial score (nSPS) is 10.2. The van der Waals surface area contributed by atoms with Crippen molar-refractivity contribution in [1.82, 2.24) is 9.78 Å². The summed E-state index contributed by atoms with van der Waals surface area (Å²) < 4.78 is 1.75. The lowest BCUT2D eigenvalue weighted by atomic mass is 10.2. The third-order valence-corrected chi connectivity index (χ3v) is 2.81. The lowest BCUT2D eigenvalue weighted by molar-refractivity contribution is -0.384. The molecule has 7 heteroatoms. The Morgan fingerprint density at radius 3 is 2.68 bits per heavy atom. The van der Waals surface area contributed by atoms with Gasteiger partial charge in [-0.1, -0.05) is 0 Å². The quantitative estimate of drug-likeness (QED) is 0.635. The van der Waals surface area contributed by atoms with Crippen LogP contribution in [0.25, 0.3) is 0 Å². The number of nitrogens with one attached hydrogen (secondary N) is 2. The van der Waals surface area contributed by atoms with Gasteiger partial charge in [0.25, 0.3) is 5.69 Å². The number of nitro benzene ring substituents is 1. The van der Waals surface area contributed by atoms with E-state index in [9.17, 15) is 10.1 Å². The van der Waals surface area contributed by atoms with E-state index in [1.807, 2.05) is 19.2 Å². The standard InChI is InChI=1S/C12H15N5O2/c1-13-9-5-10(7-12(6-9)17(18)19)14-8-11-3-4-15-16(11)2/h3-7,13-14H,8H2,1-2H3. The lowest BCUT2D eigenvalue weighted by Crippen LogP contribution is -2.06. The van der Waals surface area contributed by atoms with Gasteiger partial charge < -0.3 is 10.6 Å². The topological polar surface area (TPSA) is 85.0 Å². The highest BCUT2D eigenvalue weighted by Crippen LogP contribution is 2.24. The molecule has 0 amide bonds. The van der Waals surface area contributed by atoms with Crippen LogP contribution >= 0.6 is 0 Å². The molecular weight excluding hydrogens is 246 g/mol. The second-order valence-electron chi connectivity index (χ2n) is 4.08. The van der Waals surface area contributed by atoms with Crippen LogP contribution in [0.3, 0.4) is 0 Å². The Hall–Kier alpha value is -2.57. The second kappa shape index (κ2) is 5.38. The van der Waals surface area contributed by atoms with Crippen molar-refractivity contribution in [3.05, 3.63) is 46.3 Å². The monoisotopic (exact) mass is 261 g/mol. The van der Waals surface area contributed by atoms with E-state index in [1.165, 1.54) is 12.1 Å². The van der Waals surface area contributed by atoms with Crippen LogP contribution in [0, 0.1) is 10.1 Å². The first-order chi connectivity index (χ1) is 9.10. The molecule has 2 rings (SSSR count). The molecule has 0 fully saturated rings. The lowest BCUT2D eigenvalue weighted by Gasteiger charge is -2.09. The van der Waals surface area contributed by atoms with E-state index < -0.39 is 4.92 Å². The Bertz CT molecular complexity index is 594. The molecule has 100 valence electrons. The predicted octanol–water partition coefficient (Wildman–Crippen LogP) is 1.98. The first-order valence-electron chi connectivity index (χ1n) is 5.78. The molecule has 0 aliphatic heterocycles. The molecule has 2 aromatic rings. The number of aromatic nitrogens is 2. The van der Waals surface area contributed by atoms with Crippen molar-refractivity contribution in [2.75, 3.05) is 17.7 Å². The zero-order chi connectivity index (χ0) is 13.8. The first kappa shape index (κ1) is 12.9. The van der Waals surface area contributed by atoms with Crippen molar-refractivity contribution in [3.8, 4) is 0 Å². The average Bonchev–Trinajstić information content (AvgIpc) is 2.81. The van der Waals surface area contributed by atoms with Gasteiger partial charge in [-0.25, -0.2) is 0 Å². The predicted molar refractivity (Wildman–Crippen MR) is 73.2 cm³/mol. The smallest absolute Gasteiger partial charge is 0.273 e. The number of rotatable bonds is 5. The molecule has 0 aliphatic carbocycles. The highest BCUT2D eigenvalue weighted by molar-refractivity contribution is 5.63. The second-order valence-corrected chi connectivity index (χ2v) is 4.08. The maximum Gasteiger partial charge on any atom is 0.273 e. The summed E-state index contributed by atoms with van der Waals surface area (Å²) in [5, 5.41) is 21.0.